The molecule has 12 heavy (non-hydrogen) atoms. The molecule has 0 amide bonds. The monoisotopic (exact) mass is 157 g/mol. The molecule has 0 radical (unpaired) electrons. The minimum absolute atomic E-state index is 0.530. The van der Waals surface area contributed by atoms with E-state index >= 15 is 0 Å². The average Bonchev–Trinajstić information content (AvgIpc) is 2.71. The zero-order valence-corrected chi connectivity index (χ0v) is 6.90. The van der Waals surface area contributed by atoms with Crippen LogP contribution in [0.2, 0.25) is 0 Å². The van der Waals surface area contributed by atoms with Gasteiger partial charge in [0.15, 0.2) is 0 Å². The predicted octanol–water partition coefficient (Wildman–Crippen LogP) is 2.13. The van der Waals surface area contributed by atoms with Crippen LogP contribution >= 0.6 is 0 Å². The van der Waals surface area contributed by atoms with Gasteiger partial charge in [-0.1, -0.05) is 30.4 Å². The van der Waals surface area contributed by atoms with Gasteiger partial charge in [-0.15, -0.1) is 0 Å². The molecule has 0 aromatic heterocycles. The largest absolute Gasteiger partial charge is 0.292 e. The van der Waals surface area contributed by atoms with E-state index in [4.69, 9.17) is 0 Å². The number of aliphatic imine (C=N–C) groups is 1. The summed E-state index contributed by atoms with van der Waals surface area (Å²) >= 11 is 0. The molecule has 0 spiro atoms. The minimum Gasteiger partial charge on any atom is -0.292 e. The van der Waals surface area contributed by atoms with Gasteiger partial charge in [0.2, 0.25) is 0 Å². The number of hydrogen-bond donors (Lipinski definition) is 0. The van der Waals surface area contributed by atoms with Gasteiger partial charge in [0.25, 0.3) is 0 Å². The number of fused-ring (bicyclic) bond motifs is 3. The van der Waals surface area contributed by atoms with Crippen molar-refractivity contribution in [1.82, 2.24) is 0 Å². The van der Waals surface area contributed by atoms with E-state index in [0.29, 0.717) is 11.8 Å². The molecule has 1 nitrogen and oxygen atoms in total. The second-order valence-electron chi connectivity index (χ2n) is 3.59. The van der Waals surface area contributed by atoms with Gasteiger partial charge >= 0.3 is 0 Å². The number of rotatable bonds is 0. The summed E-state index contributed by atoms with van der Waals surface area (Å²) < 4.78 is 0. The Morgan fingerprint density at radius 3 is 3.33 bits per heavy atom. The summed E-state index contributed by atoms with van der Waals surface area (Å²) in [5.74, 6) is 1.18. The fourth-order valence-corrected chi connectivity index (χ4v) is 2.27. The lowest BCUT2D eigenvalue weighted by molar-refractivity contribution is 0.789. The molecule has 3 rings (SSSR count). The summed E-state index contributed by atoms with van der Waals surface area (Å²) in [6, 6.07) is 0. The Morgan fingerprint density at radius 1 is 1.33 bits per heavy atom. The van der Waals surface area contributed by atoms with Gasteiger partial charge in [-0.2, -0.15) is 0 Å². The predicted molar refractivity (Wildman–Crippen MR) is 50.3 cm³/mol. The summed E-state index contributed by atoms with van der Waals surface area (Å²) in [6.45, 7) is 1.03. The highest BCUT2D eigenvalue weighted by molar-refractivity contribution is 5.97. The summed E-state index contributed by atoms with van der Waals surface area (Å²) in [5, 5.41) is 0. The SMILES string of the molecule is C1=CC2C(=C1)C=CC1CCN=C12. The van der Waals surface area contributed by atoms with E-state index in [1.807, 2.05) is 0 Å². The number of allylic oxidation sites excluding steroid dienone is 6. The van der Waals surface area contributed by atoms with E-state index in [9.17, 15) is 0 Å². The van der Waals surface area contributed by atoms with Crippen molar-refractivity contribution in [3.63, 3.8) is 0 Å². The van der Waals surface area contributed by atoms with Gasteiger partial charge in [-0.25, -0.2) is 0 Å². The molecule has 1 heteroatoms. The van der Waals surface area contributed by atoms with E-state index in [1.165, 1.54) is 17.7 Å². The minimum atomic E-state index is 0.530. The molecule has 0 saturated carbocycles. The van der Waals surface area contributed by atoms with Crippen molar-refractivity contribution in [1.29, 1.82) is 0 Å². The Kier molecular flexibility index (Phi) is 1.17. The Labute approximate surface area is 72.2 Å². The molecule has 0 bridgehead atoms. The van der Waals surface area contributed by atoms with Crippen LogP contribution in [0.25, 0.3) is 0 Å². The van der Waals surface area contributed by atoms with Gasteiger partial charge in [-0.3, -0.25) is 4.99 Å². The third-order valence-electron chi connectivity index (χ3n) is 2.91. The lowest BCUT2D eigenvalue weighted by Gasteiger charge is -2.20. The molecule has 0 N–H and O–H groups in total. The van der Waals surface area contributed by atoms with Crippen molar-refractivity contribution < 1.29 is 0 Å². The molecule has 0 aromatic carbocycles. The highest BCUT2D eigenvalue weighted by atomic mass is 14.8. The van der Waals surface area contributed by atoms with Crippen LogP contribution in [0, 0.1) is 11.8 Å². The third-order valence-corrected chi connectivity index (χ3v) is 2.91. The summed E-state index contributed by atoms with van der Waals surface area (Å²) in [5.41, 5.74) is 2.82. The molecule has 1 heterocycles. The zero-order valence-electron chi connectivity index (χ0n) is 6.90. The van der Waals surface area contributed by atoms with Gasteiger partial charge in [0.1, 0.15) is 0 Å². The molecule has 3 aliphatic rings. The molecule has 0 aromatic rings. The number of nitrogens with zero attached hydrogens (tertiary/aromatic N) is 1. The van der Waals surface area contributed by atoms with E-state index in [2.05, 4.69) is 35.4 Å². The summed E-state index contributed by atoms with van der Waals surface area (Å²) in [4.78, 5) is 4.57. The quantitative estimate of drug-likeness (QED) is 0.511. The van der Waals surface area contributed by atoms with Crippen LogP contribution in [0.3, 0.4) is 0 Å². The molecule has 2 aliphatic carbocycles. The van der Waals surface area contributed by atoms with E-state index in [0.717, 1.165) is 6.54 Å². The molecule has 0 fully saturated rings. The van der Waals surface area contributed by atoms with Crippen LogP contribution in [0.1, 0.15) is 6.42 Å². The van der Waals surface area contributed by atoms with Gasteiger partial charge in [0, 0.05) is 24.1 Å². The Morgan fingerprint density at radius 2 is 2.33 bits per heavy atom. The fourth-order valence-electron chi connectivity index (χ4n) is 2.27. The van der Waals surface area contributed by atoms with E-state index in [1.54, 1.807) is 0 Å². The first kappa shape index (κ1) is 6.41. The maximum atomic E-state index is 4.57. The average molecular weight is 157 g/mol. The summed E-state index contributed by atoms with van der Waals surface area (Å²) in [6.07, 6.45) is 12.4. The molecule has 2 unspecified atom stereocenters. The van der Waals surface area contributed by atoms with Crippen LogP contribution in [0.4, 0.5) is 0 Å². The van der Waals surface area contributed by atoms with Crippen molar-refractivity contribution >= 4 is 5.71 Å². The van der Waals surface area contributed by atoms with Crippen molar-refractivity contribution in [3.8, 4) is 0 Å². The summed E-state index contributed by atoms with van der Waals surface area (Å²) in [7, 11) is 0. The Bertz CT molecular complexity index is 331. The maximum absolute atomic E-state index is 4.57. The zero-order chi connectivity index (χ0) is 7.97. The van der Waals surface area contributed by atoms with Crippen molar-refractivity contribution in [2.24, 2.45) is 16.8 Å². The Hall–Kier alpha value is -1.11. The van der Waals surface area contributed by atoms with Crippen molar-refractivity contribution in [3.05, 3.63) is 36.0 Å². The lowest BCUT2D eigenvalue weighted by atomic mass is 9.83. The molecule has 1 aliphatic heterocycles. The Balaban J connectivity index is 2.10. The molecule has 2 atom stereocenters. The van der Waals surface area contributed by atoms with Crippen LogP contribution in [0.5, 0.6) is 0 Å². The highest BCUT2D eigenvalue weighted by Crippen LogP contribution is 2.34. The first-order chi connectivity index (χ1) is 5.95. The second-order valence-corrected chi connectivity index (χ2v) is 3.59. The van der Waals surface area contributed by atoms with E-state index in [-0.39, 0.29) is 0 Å². The maximum Gasteiger partial charge on any atom is 0.0408 e. The van der Waals surface area contributed by atoms with Crippen molar-refractivity contribution in [2.75, 3.05) is 6.54 Å². The molecular formula is C11H11N. The van der Waals surface area contributed by atoms with Gasteiger partial charge < -0.3 is 0 Å². The standard InChI is InChI=1S/C11H11N/c1-2-8-4-5-9-6-7-12-11(9)10(8)3-1/h1-5,9-10H,6-7H2. The first-order valence-corrected chi connectivity index (χ1v) is 4.56. The second kappa shape index (κ2) is 2.19. The third kappa shape index (κ3) is 0.711. The fraction of sp³-hybridized carbons (Fsp3) is 0.364. The number of hydrogen-bond acceptors (Lipinski definition) is 1. The van der Waals surface area contributed by atoms with Crippen LogP contribution < -0.4 is 0 Å². The van der Waals surface area contributed by atoms with Gasteiger partial charge in [-0.05, 0) is 12.0 Å². The van der Waals surface area contributed by atoms with Crippen LogP contribution in [-0.2, 0) is 0 Å². The topological polar surface area (TPSA) is 12.4 Å². The normalized spacial score (nSPS) is 36.0. The smallest absolute Gasteiger partial charge is 0.0408 e. The molecule has 0 saturated heterocycles. The van der Waals surface area contributed by atoms with Crippen LogP contribution in [0.15, 0.2) is 40.9 Å². The van der Waals surface area contributed by atoms with Crippen LogP contribution in [-0.4, -0.2) is 12.3 Å². The highest BCUT2D eigenvalue weighted by Gasteiger charge is 2.30. The van der Waals surface area contributed by atoms with Gasteiger partial charge in [0.05, 0.1) is 0 Å². The molecular weight excluding hydrogens is 146 g/mol. The van der Waals surface area contributed by atoms with Crippen molar-refractivity contribution in [2.45, 2.75) is 6.42 Å². The first-order valence-electron chi connectivity index (χ1n) is 4.56. The van der Waals surface area contributed by atoms with E-state index < -0.39 is 0 Å². The lowest BCUT2D eigenvalue weighted by Crippen LogP contribution is -2.21. The molecule has 60 valence electrons.